The molecule has 2 heteroatoms. The highest BCUT2D eigenvalue weighted by Gasteiger charge is 2.13. The molecule has 5 rings (SSSR count). The van der Waals surface area contributed by atoms with E-state index in [9.17, 15) is 0 Å². The third-order valence-electron chi connectivity index (χ3n) is 6.26. The summed E-state index contributed by atoms with van der Waals surface area (Å²) in [4.78, 5) is 4.75. The first-order valence-electron chi connectivity index (χ1n) is 11.7. The molecule has 3 aromatic carbocycles. The molecule has 0 bridgehead atoms. The van der Waals surface area contributed by atoms with E-state index >= 15 is 0 Å². The number of hydrogen-bond acceptors (Lipinski definition) is 2. The van der Waals surface area contributed by atoms with Gasteiger partial charge < -0.3 is 4.42 Å². The molecule has 0 radical (unpaired) electrons. The van der Waals surface area contributed by atoms with Crippen LogP contribution in [0.1, 0.15) is 50.7 Å². The molecule has 164 valence electrons. The van der Waals surface area contributed by atoms with Crippen LogP contribution >= 0.6 is 0 Å². The maximum absolute atomic E-state index is 6.36. The van der Waals surface area contributed by atoms with Crippen molar-refractivity contribution in [2.75, 3.05) is 0 Å². The smallest absolute Gasteiger partial charge is 0.138 e. The molecule has 2 aromatic heterocycles. The van der Waals surface area contributed by atoms with Gasteiger partial charge in [0.05, 0.1) is 5.69 Å². The molecule has 0 unspecified atom stereocenters. The first-order valence-corrected chi connectivity index (χ1v) is 11.7. The van der Waals surface area contributed by atoms with E-state index < -0.39 is 0 Å². The van der Waals surface area contributed by atoms with Gasteiger partial charge in [0.15, 0.2) is 0 Å². The van der Waals surface area contributed by atoms with Crippen LogP contribution in [0.4, 0.5) is 0 Å². The molecule has 0 aliphatic carbocycles. The molecule has 0 aliphatic rings. The van der Waals surface area contributed by atoms with Crippen molar-refractivity contribution in [3.8, 4) is 33.7 Å². The fourth-order valence-corrected chi connectivity index (χ4v) is 4.21. The van der Waals surface area contributed by atoms with E-state index in [0.717, 1.165) is 33.6 Å². The molecule has 0 spiro atoms. The standard InChI is InChI=1S/C31H29NO/c1-20(2)25-14-26(21(3)4)16-27(15-25)30-17-28-19-32-29(18-31(28)33-30)24-12-8-11-23(13-24)22-9-6-5-7-10-22/h5-21H,1-4H3. The van der Waals surface area contributed by atoms with Gasteiger partial charge in [-0.15, -0.1) is 0 Å². The quantitative estimate of drug-likeness (QED) is 0.277. The average molecular weight is 432 g/mol. The van der Waals surface area contributed by atoms with Crippen molar-refractivity contribution in [2.24, 2.45) is 0 Å². The van der Waals surface area contributed by atoms with Crippen LogP contribution in [0.2, 0.25) is 0 Å². The van der Waals surface area contributed by atoms with Crippen molar-refractivity contribution >= 4 is 11.0 Å². The van der Waals surface area contributed by atoms with Gasteiger partial charge in [0.25, 0.3) is 0 Å². The zero-order valence-electron chi connectivity index (χ0n) is 19.7. The average Bonchev–Trinajstić information content (AvgIpc) is 3.28. The Bertz CT molecular complexity index is 1380. The molecule has 0 N–H and O–H groups in total. The normalized spacial score (nSPS) is 11.6. The van der Waals surface area contributed by atoms with Gasteiger partial charge in [-0.25, -0.2) is 0 Å². The topological polar surface area (TPSA) is 26.0 Å². The Labute approximate surface area is 195 Å². The van der Waals surface area contributed by atoms with Crippen molar-refractivity contribution in [1.29, 1.82) is 0 Å². The Kier molecular flexibility index (Phi) is 5.60. The van der Waals surface area contributed by atoms with Gasteiger partial charge in [-0.1, -0.05) is 82.3 Å². The van der Waals surface area contributed by atoms with Crippen LogP contribution in [-0.4, -0.2) is 4.98 Å². The lowest BCUT2D eigenvalue weighted by molar-refractivity contribution is 0.631. The second-order valence-electron chi connectivity index (χ2n) is 9.36. The molecule has 0 saturated carbocycles. The highest BCUT2D eigenvalue weighted by molar-refractivity contribution is 5.85. The molecule has 2 heterocycles. The molecule has 2 nitrogen and oxygen atoms in total. The van der Waals surface area contributed by atoms with Crippen molar-refractivity contribution in [2.45, 2.75) is 39.5 Å². The van der Waals surface area contributed by atoms with E-state index in [1.807, 2.05) is 12.3 Å². The lowest BCUT2D eigenvalue weighted by atomic mass is 9.92. The minimum atomic E-state index is 0.469. The molecular formula is C31H29NO. The monoisotopic (exact) mass is 431 g/mol. The van der Waals surface area contributed by atoms with Crippen LogP contribution in [0, 0.1) is 0 Å². The number of aromatic nitrogens is 1. The predicted molar refractivity (Wildman–Crippen MR) is 138 cm³/mol. The largest absolute Gasteiger partial charge is 0.456 e. The summed E-state index contributed by atoms with van der Waals surface area (Å²) < 4.78 is 6.36. The van der Waals surface area contributed by atoms with Gasteiger partial charge in [0, 0.05) is 28.8 Å². The van der Waals surface area contributed by atoms with E-state index in [1.165, 1.54) is 22.3 Å². The third-order valence-corrected chi connectivity index (χ3v) is 6.26. The first kappa shape index (κ1) is 21.2. The Morgan fingerprint density at radius 2 is 1.27 bits per heavy atom. The van der Waals surface area contributed by atoms with Gasteiger partial charge in [-0.2, -0.15) is 0 Å². The lowest BCUT2D eigenvalue weighted by Gasteiger charge is -2.13. The molecule has 0 saturated heterocycles. The van der Waals surface area contributed by atoms with Gasteiger partial charge in [-0.05, 0) is 58.4 Å². The van der Waals surface area contributed by atoms with Crippen LogP contribution in [0.5, 0.6) is 0 Å². The summed E-state index contributed by atoms with van der Waals surface area (Å²) in [6.45, 7) is 8.95. The Balaban J connectivity index is 1.54. The van der Waals surface area contributed by atoms with Gasteiger partial charge in [-0.3, -0.25) is 4.98 Å². The molecule has 0 atom stereocenters. The van der Waals surface area contributed by atoms with E-state index in [-0.39, 0.29) is 0 Å². The summed E-state index contributed by atoms with van der Waals surface area (Å²) in [6, 6.07) is 29.9. The van der Waals surface area contributed by atoms with Crippen molar-refractivity contribution in [3.63, 3.8) is 0 Å². The number of furan rings is 1. The van der Waals surface area contributed by atoms with E-state index in [0.29, 0.717) is 11.8 Å². The SMILES string of the molecule is CC(C)c1cc(-c2cc3cnc(-c4cccc(-c5ccccc5)c4)cc3o2)cc(C(C)C)c1. The zero-order valence-corrected chi connectivity index (χ0v) is 19.7. The zero-order chi connectivity index (χ0) is 22.9. The predicted octanol–water partition coefficient (Wildman–Crippen LogP) is 9.08. The van der Waals surface area contributed by atoms with Gasteiger partial charge in [0.2, 0.25) is 0 Å². The van der Waals surface area contributed by atoms with E-state index in [4.69, 9.17) is 9.40 Å². The molecule has 0 aliphatic heterocycles. The third kappa shape index (κ3) is 4.34. The molecule has 5 aromatic rings. The van der Waals surface area contributed by atoms with E-state index in [1.54, 1.807) is 0 Å². The van der Waals surface area contributed by atoms with Crippen LogP contribution in [0.15, 0.2) is 95.5 Å². The number of hydrogen-bond donors (Lipinski definition) is 0. The number of benzene rings is 3. The highest BCUT2D eigenvalue weighted by Crippen LogP contribution is 2.34. The maximum atomic E-state index is 6.36. The Morgan fingerprint density at radius 1 is 0.606 bits per heavy atom. The Morgan fingerprint density at radius 3 is 1.97 bits per heavy atom. The van der Waals surface area contributed by atoms with Gasteiger partial charge in [0.1, 0.15) is 11.3 Å². The maximum Gasteiger partial charge on any atom is 0.138 e. The van der Waals surface area contributed by atoms with Crippen LogP contribution in [-0.2, 0) is 0 Å². The second kappa shape index (κ2) is 8.71. The van der Waals surface area contributed by atoms with Crippen LogP contribution in [0.3, 0.4) is 0 Å². The summed E-state index contributed by atoms with van der Waals surface area (Å²) in [5.74, 6) is 1.83. The van der Waals surface area contributed by atoms with Crippen molar-refractivity contribution < 1.29 is 4.42 Å². The molecule has 33 heavy (non-hydrogen) atoms. The minimum absolute atomic E-state index is 0.469. The molecular weight excluding hydrogens is 402 g/mol. The molecule has 0 amide bonds. The summed E-state index contributed by atoms with van der Waals surface area (Å²) in [5.41, 5.74) is 9.06. The van der Waals surface area contributed by atoms with Crippen molar-refractivity contribution in [1.82, 2.24) is 4.98 Å². The van der Waals surface area contributed by atoms with Crippen LogP contribution < -0.4 is 0 Å². The molecule has 0 fully saturated rings. The van der Waals surface area contributed by atoms with Crippen LogP contribution in [0.25, 0.3) is 44.7 Å². The number of rotatable bonds is 5. The fourth-order valence-electron chi connectivity index (χ4n) is 4.21. The summed E-state index contributed by atoms with van der Waals surface area (Å²) in [5, 5.41) is 1.02. The number of pyridine rings is 1. The minimum Gasteiger partial charge on any atom is -0.456 e. The second-order valence-corrected chi connectivity index (χ2v) is 9.36. The number of nitrogens with zero attached hydrogens (tertiary/aromatic N) is 1. The van der Waals surface area contributed by atoms with E-state index in [2.05, 4.69) is 107 Å². The summed E-state index contributed by atoms with van der Waals surface area (Å²) in [7, 11) is 0. The summed E-state index contributed by atoms with van der Waals surface area (Å²) in [6.07, 6.45) is 1.92. The first-order chi connectivity index (χ1) is 16.0. The van der Waals surface area contributed by atoms with Crippen molar-refractivity contribution in [3.05, 3.63) is 102 Å². The lowest BCUT2D eigenvalue weighted by Crippen LogP contribution is -1.94. The Hall–Kier alpha value is -3.65. The van der Waals surface area contributed by atoms with Gasteiger partial charge >= 0.3 is 0 Å². The number of fused-ring (bicyclic) bond motifs is 1. The fraction of sp³-hybridized carbons (Fsp3) is 0.194. The summed E-state index contributed by atoms with van der Waals surface area (Å²) >= 11 is 0. The highest BCUT2D eigenvalue weighted by atomic mass is 16.3.